The zero-order valence-corrected chi connectivity index (χ0v) is 23.0. The number of alkyl halides is 6. The minimum absolute atomic E-state index is 0.0636. The molecule has 2 aromatic rings. The van der Waals surface area contributed by atoms with Crippen molar-refractivity contribution in [1.82, 2.24) is 10.2 Å². The lowest BCUT2D eigenvalue weighted by Crippen LogP contribution is -2.48. The number of hydrogen-bond donors (Lipinski definition) is 4. The molecule has 1 fully saturated rings. The summed E-state index contributed by atoms with van der Waals surface area (Å²) in [5.74, 6) is -4.59. The maximum absolute atomic E-state index is 11.4. The largest absolute Gasteiger partial charge is 0.494 e. The number of aliphatic hydroxyl groups excluding tert-OH is 1. The molecule has 0 radical (unpaired) electrons. The molecule has 4 N–H and O–H groups in total. The maximum Gasteiger partial charge on any atom is 0.490 e. The van der Waals surface area contributed by atoms with Crippen LogP contribution in [0.5, 0.6) is 5.75 Å². The fraction of sp³-hybridized carbons (Fsp3) is 0.500. The summed E-state index contributed by atoms with van der Waals surface area (Å²) in [5, 5.41) is 29.1. The molecule has 0 bridgehead atoms. The van der Waals surface area contributed by atoms with Gasteiger partial charge in [-0.2, -0.15) is 26.3 Å². The smallest absolute Gasteiger partial charge is 0.490 e. The molecule has 234 valence electrons. The zero-order chi connectivity index (χ0) is 31.7. The number of likely N-dealkylation sites (N-methyl/N-ethyl adjacent to an activating group) is 1. The van der Waals surface area contributed by atoms with Crippen LogP contribution in [0.4, 0.5) is 26.3 Å². The molecule has 8 nitrogen and oxygen atoms in total. The number of fused-ring (bicyclic) bond motifs is 2. The highest BCUT2D eigenvalue weighted by Crippen LogP contribution is 2.51. The second-order valence-corrected chi connectivity index (χ2v) is 9.98. The Kier molecular flexibility index (Phi) is 12.2. The highest BCUT2D eigenvalue weighted by atomic mass is 19.4. The number of ether oxygens (including phenoxy) is 1. The molecular formula is C28H34F6N2O6. The van der Waals surface area contributed by atoms with Gasteiger partial charge in [-0.3, -0.25) is 4.90 Å². The fourth-order valence-electron chi connectivity index (χ4n) is 5.03. The van der Waals surface area contributed by atoms with E-state index in [1.807, 2.05) is 12.1 Å². The van der Waals surface area contributed by atoms with E-state index in [0.29, 0.717) is 6.61 Å². The van der Waals surface area contributed by atoms with Gasteiger partial charge in [-0.25, -0.2) is 9.59 Å². The van der Waals surface area contributed by atoms with Gasteiger partial charge in [-0.05, 0) is 69.6 Å². The van der Waals surface area contributed by atoms with Gasteiger partial charge in [0.05, 0.1) is 18.8 Å². The van der Waals surface area contributed by atoms with Crippen molar-refractivity contribution >= 4 is 11.9 Å². The van der Waals surface area contributed by atoms with E-state index in [4.69, 9.17) is 24.5 Å². The van der Waals surface area contributed by atoms with Gasteiger partial charge < -0.3 is 25.4 Å². The third kappa shape index (κ3) is 9.33. The lowest BCUT2D eigenvalue weighted by atomic mass is 9.72. The van der Waals surface area contributed by atoms with Gasteiger partial charge in [-0.15, -0.1) is 0 Å². The van der Waals surface area contributed by atoms with Crippen molar-refractivity contribution < 1.29 is 56.0 Å². The Hall–Kier alpha value is -3.36. The Balaban J connectivity index is 0.000000367. The summed E-state index contributed by atoms with van der Waals surface area (Å²) < 4.78 is 69.4. The lowest BCUT2D eigenvalue weighted by Gasteiger charge is -2.40. The lowest BCUT2D eigenvalue weighted by molar-refractivity contribution is -0.193. The number of hydrogen-bond acceptors (Lipinski definition) is 6. The monoisotopic (exact) mass is 608 g/mol. The Morgan fingerprint density at radius 2 is 1.45 bits per heavy atom. The number of aryl methyl sites for hydroxylation is 1. The first-order valence-corrected chi connectivity index (χ1v) is 13.0. The molecule has 2 atom stereocenters. The predicted molar refractivity (Wildman–Crippen MR) is 140 cm³/mol. The fourth-order valence-corrected chi connectivity index (χ4v) is 5.03. The topological polar surface area (TPSA) is 119 Å². The molecular weight excluding hydrogens is 574 g/mol. The summed E-state index contributed by atoms with van der Waals surface area (Å²) >= 11 is 0. The number of piperidine rings is 1. The minimum Gasteiger partial charge on any atom is -0.494 e. The molecule has 1 saturated heterocycles. The van der Waals surface area contributed by atoms with E-state index < -0.39 is 24.3 Å². The van der Waals surface area contributed by atoms with Crippen molar-refractivity contribution in [3.8, 4) is 5.75 Å². The molecule has 14 heteroatoms. The van der Waals surface area contributed by atoms with E-state index in [1.165, 1.54) is 16.7 Å². The number of rotatable bonds is 6. The van der Waals surface area contributed by atoms with E-state index in [2.05, 4.69) is 60.6 Å². The second kappa shape index (κ2) is 14.7. The summed E-state index contributed by atoms with van der Waals surface area (Å²) in [5.41, 5.74) is 3.81. The summed E-state index contributed by atoms with van der Waals surface area (Å²) in [4.78, 5) is 20.1. The molecule has 2 aliphatic rings. The quantitative estimate of drug-likeness (QED) is 0.276. The van der Waals surface area contributed by atoms with Gasteiger partial charge in [0.25, 0.3) is 0 Å². The van der Waals surface area contributed by atoms with Crippen molar-refractivity contribution in [3.63, 3.8) is 0 Å². The second-order valence-electron chi connectivity index (χ2n) is 9.98. The summed E-state index contributed by atoms with van der Waals surface area (Å²) in [6.45, 7) is 5.63. The average Bonchev–Trinajstić information content (AvgIpc) is 3.15. The number of benzene rings is 2. The van der Waals surface area contributed by atoms with Crippen LogP contribution in [0.25, 0.3) is 0 Å². The van der Waals surface area contributed by atoms with Crippen molar-refractivity contribution in [1.29, 1.82) is 0 Å². The summed E-state index contributed by atoms with van der Waals surface area (Å²) in [6, 6.07) is 16.9. The van der Waals surface area contributed by atoms with Crippen LogP contribution in [0.15, 0.2) is 48.5 Å². The molecule has 1 heterocycles. The highest BCUT2D eigenvalue weighted by molar-refractivity contribution is 5.73. The third-order valence-electron chi connectivity index (χ3n) is 7.08. The molecule has 0 saturated carbocycles. The third-order valence-corrected chi connectivity index (χ3v) is 7.08. The summed E-state index contributed by atoms with van der Waals surface area (Å²) in [7, 11) is 2.14. The van der Waals surface area contributed by atoms with Crippen LogP contribution in [0.3, 0.4) is 0 Å². The van der Waals surface area contributed by atoms with Crippen molar-refractivity contribution in [2.75, 3.05) is 33.3 Å². The first-order chi connectivity index (χ1) is 19.5. The SMILES string of the molecule is Cc1ccc(OCCCN(C)[C@@H]2c3ccccc3C3(CCNCC3)[C@H]2O)cc1.O=C(O)C(F)(F)F.O=C(O)C(F)(F)F. The number of carbonyl (C=O) groups is 2. The molecule has 0 aromatic heterocycles. The Morgan fingerprint density at radius 3 is 1.95 bits per heavy atom. The number of nitrogens with zero attached hydrogens (tertiary/aromatic N) is 1. The van der Waals surface area contributed by atoms with Crippen molar-refractivity contribution in [2.24, 2.45) is 0 Å². The molecule has 0 amide bonds. The first kappa shape index (κ1) is 34.8. The standard InChI is InChI=1S/C24H32N2O2.2C2HF3O2/c1-18-8-10-19(11-9-18)28-17-5-16-26(2)22-20-6-3-4-7-21(20)24(23(22)27)12-14-25-15-13-24;2*3-2(4,5)1(6)7/h3-4,6-11,22-23,25,27H,5,12-17H2,1-2H3;2*(H,6,7)/t22-,23+;;/m1../s1. The van der Waals surface area contributed by atoms with Gasteiger partial charge in [0.1, 0.15) is 5.75 Å². The molecule has 0 unspecified atom stereocenters. The van der Waals surface area contributed by atoms with Crippen molar-refractivity contribution in [2.45, 2.75) is 56.1 Å². The Morgan fingerprint density at radius 1 is 0.952 bits per heavy atom. The van der Waals surface area contributed by atoms with E-state index >= 15 is 0 Å². The van der Waals surface area contributed by atoms with Crippen LogP contribution >= 0.6 is 0 Å². The van der Waals surface area contributed by atoms with Crippen LogP contribution < -0.4 is 10.1 Å². The van der Waals surface area contributed by atoms with Crippen molar-refractivity contribution in [3.05, 3.63) is 65.2 Å². The van der Waals surface area contributed by atoms with Crippen LogP contribution in [-0.4, -0.2) is 83.9 Å². The number of carboxylic acids is 2. The maximum atomic E-state index is 11.4. The first-order valence-electron chi connectivity index (χ1n) is 13.0. The number of nitrogens with one attached hydrogen (secondary N) is 1. The highest BCUT2D eigenvalue weighted by Gasteiger charge is 2.52. The van der Waals surface area contributed by atoms with E-state index in [1.54, 1.807) is 0 Å². The van der Waals surface area contributed by atoms with E-state index in [0.717, 1.165) is 44.6 Å². The minimum atomic E-state index is -5.08. The van der Waals surface area contributed by atoms with Gasteiger partial charge in [0.15, 0.2) is 0 Å². The van der Waals surface area contributed by atoms with Gasteiger partial charge in [-0.1, -0.05) is 42.0 Å². The zero-order valence-electron chi connectivity index (χ0n) is 23.0. The number of carboxylic acid groups (broad SMARTS) is 2. The number of halogens is 6. The Bertz CT molecular complexity index is 1140. The average molecular weight is 609 g/mol. The molecule has 1 spiro atoms. The van der Waals surface area contributed by atoms with Gasteiger partial charge in [0.2, 0.25) is 0 Å². The number of aliphatic hydroxyl groups is 1. The van der Waals surface area contributed by atoms with E-state index in [9.17, 15) is 31.4 Å². The normalized spacial score (nSPS) is 19.2. The predicted octanol–water partition coefficient (Wildman–Crippen LogP) is 4.70. The van der Waals surface area contributed by atoms with Gasteiger partial charge in [0, 0.05) is 12.0 Å². The molecule has 1 aliphatic heterocycles. The molecule has 2 aromatic carbocycles. The molecule has 4 rings (SSSR count). The van der Waals surface area contributed by atoms with Crippen LogP contribution in [0.1, 0.15) is 42.0 Å². The van der Waals surface area contributed by atoms with E-state index in [-0.39, 0.29) is 17.6 Å². The van der Waals surface area contributed by atoms with Gasteiger partial charge >= 0.3 is 24.3 Å². The Labute approximate surface area is 238 Å². The van der Waals surface area contributed by atoms with Crippen LogP contribution in [0, 0.1) is 6.92 Å². The van der Waals surface area contributed by atoms with Crippen LogP contribution in [-0.2, 0) is 15.0 Å². The molecule has 42 heavy (non-hydrogen) atoms. The number of aliphatic carboxylic acids is 2. The molecule has 1 aliphatic carbocycles. The summed E-state index contributed by atoms with van der Waals surface area (Å²) in [6.07, 6.45) is -7.57. The van der Waals surface area contributed by atoms with Crippen LogP contribution in [0.2, 0.25) is 0 Å².